The summed E-state index contributed by atoms with van der Waals surface area (Å²) in [5.41, 5.74) is 1.06. The molecule has 33 heavy (non-hydrogen) atoms. The molecule has 5 rings (SSSR count). The maximum absolute atomic E-state index is 14.0. The Labute approximate surface area is 202 Å². The lowest BCUT2D eigenvalue weighted by Gasteiger charge is -2.11. The zero-order valence-electron chi connectivity index (χ0n) is 17.6. The Morgan fingerprint density at radius 3 is 1.97 bits per heavy atom. The van der Waals surface area contributed by atoms with Crippen LogP contribution in [0.2, 0.25) is 0 Å². The predicted molar refractivity (Wildman–Crippen MR) is 138 cm³/mol. The molecule has 0 bridgehead atoms. The van der Waals surface area contributed by atoms with Crippen molar-refractivity contribution in [3.63, 3.8) is 0 Å². The van der Waals surface area contributed by atoms with Crippen molar-refractivity contribution in [2.24, 2.45) is 0 Å². The maximum atomic E-state index is 14.0. The molecule has 0 unspecified atom stereocenters. The van der Waals surface area contributed by atoms with Crippen LogP contribution in [0.5, 0.6) is 5.75 Å². The highest BCUT2D eigenvalue weighted by molar-refractivity contribution is 9.10. The average molecular weight is 516 g/mol. The number of ketones is 2. The van der Waals surface area contributed by atoms with E-state index in [1.54, 1.807) is 31.3 Å². The summed E-state index contributed by atoms with van der Waals surface area (Å²) in [6.07, 6.45) is 0. The third kappa shape index (κ3) is 3.61. The van der Waals surface area contributed by atoms with Crippen molar-refractivity contribution in [3.05, 3.63) is 105 Å². The Bertz CT molecular complexity index is 1500. The smallest absolute Gasteiger partial charge is 0.206 e. The number of rotatable bonds is 5. The van der Waals surface area contributed by atoms with E-state index in [-0.39, 0.29) is 27.8 Å². The first-order valence-electron chi connectivity index (χ1n) is 10.3. The number of carbonyl (C=O) groups excluding carboxylic acids is 2. The predicted octanol–water partition coefficient (Wildman–Crippen LogP) is 7.03. The number of hydrogen-bond acceptors (Lipinski definition) is 5. The highest BCUT2D eigenvalue weighted by Gasteiger charge is 2.29. The van der Waals surface area contributed by atoms with Crippen molar-refractivity contribution in [1.82, 2.24) is 0 Å². The lowest BCUT2D eigenvalue weighted by Crippen LogP contribution is -2.06. The van der Waals surface area contributed by atoms with Crippen LogP contribution in [0.4, 0.5) is 5.00 Å². The van der Waals surface area contributed by atoms with Gasteiger partial charge in [-0.05, 0) is 51.9 Å². The highest BCUT2D eigenvalue weighted by Crippen LogP contribution is 2.43. The summed E-state index contributed by atoms with van der Waals surface area (Å²) >= 11 is 4.45. The van der Waals surface area contributed by atoms with Gasteiger partial charge < -0.3 is 10.4 Å². The molecule has 0 atom stereocenters. The third-order valence-corrected chi connectivity index (χ3v) is 7.37. The molecule has 0 aliphatic rings. The molecule has 162 valence electrons. The first-order valence-corrected chi connectivity index (χ1v) is 11.9. The molecule has 0 aliphatic carbocycles. The van der Waals surface area contributed by atoms with Crippen molar-refractivity contribution in [3.8, 4) is 5.75 Å². The van der Waals surface area contributed by atoms with Crippen LogP contribution in [0.15, 0.2) is 83.3 Å². The number of fused-ring (bicyclic) bond motifs is 2. The fourth-order valence-corrected chi connectivity index (χ4v) is 5.35. The minimum atomic E-state index is -0.330. The summed E-state index contributed by atoms with van der Waals surface area (Å²) in [6.45, 7) is 0. The number of nitrogens with one attached hydrogen (secondary N) is 1. The lowest BCUT2D eigenvalue weighted by molar-refractivity contribution is 0.104. The SMILES string of the molecule is CNc1sc(C(=O)c2ccc(Br)cc2)c(O)c1C(=O)c1c2ccccc2cc2ccccc12. The molecular formula is C27H18BrNO3S. The van der Waals surface area contributed by atoms with Crippen molar-refractivity contribution in [2.45, 2.75) is 0 Å². The quantitative estimate of drug-likeness (QED) is 0.195. The summed E-state index contributed by atoms with van der Waals surface area (Å²) in [7, 11) is 1.68. The molecule has 0 amide bonds. The standard InChI is InChI=1S/C27H18BrNO3S/c1-29-27-22(25(32)26(33-27)23(30)15-10-12-18(28)13-11-15)24(31)21-19-8-4-2-6-16(19)14-17-7-3-5-9-20(17)21/h2-14,29,32H,1H3. The molecular weight excluding hydrogens is 498 g/mol. The summed E-state index contributed by atoms with van der Waals surface area (Å²) < 4.78 is 0.851. The highest BCUT2D eigenvalue weighted by atomic mass is 79.9. The minimum Gasteiger partial charge on any atom is -0.505 e. The molecule has 0 saturated heterocycles. The number of anilines is 1. The van der Waals surface area contributed by atoms with E-state index in [1.165, 1.54) is 0 Å². The van der Waals surface area contributed by atoms with Gasteiger partial charge in [-0.25, -0.2) is 0 Å². The Kier molecular flexibility index (Phi) is 5.48. The van der Waals surface area contributed by atoms with Gasteiger partial charge in [0.25, 0.3) is 0 Å². The summed E-state index contributed by atoms with van der Waals surface area (Å²) in [5, 5.41) is 18.0. The largest absolute Gasteiger partial charge is 0.505 e. The summed E-state index contributed by atoms with van der Waals surface area (Å²) in [6, 6.07) is 24.4. The molecule has 4 nitrogen and oxygen atoms in total. The molecule has 0 aliphatic heterocycles. The van der Waals surface area contributed by atoms with E-state index in [4.69, 9.17) is 0 Å². The van der Waals surface area contributed by atoms with E-state index in [0.29, 0.717) is 16.1 Å². The number of halogens is 1. The van der Waals surface area contributed by atoms with Crippen LogP contribution in [-0.4, -0.2) is 23.7 Å². The second-order valence-corrected chi connectivity index (χ2v) is 9.53. The van der Waals surface area contributed by atoms with E-state index < -0.39 is 0 Å². The van der Waals surface area contributed by atoms with E-state index in [0.717, 1.165) is 37.4 Å². The van der Waals surface area contributed by atoms with Gasteiger partial charge in [-0.1, -0.05) is 64.5 Å². The van der Waals surface area contributed by atoms with Gasteiger partial charge in [0.1, 0.15) is 9.88 Å². The van der Waals surface area contributed by atoms with Gasteiger partial charge in [0.2, 0.25) is 11.6 Å². The molecule has 5 aromatic rings. The van der Waals surface area contributed by atoms with E-state index in [2.05, 4.69) is 27.3 Å². The second kappa shape index (κ2) is 8.46. The molecule has 0 fully saturated rings. The molecule has 0 radical (unpaired) electrons. The zero-order valence-corrected chi connectivity index (χ0v) is 20.0. The Hall–Kier alpha value is -3.48. The van der Waals surface area contributed by atoms with Crippen molar-refractivity contribution >= 4 is 65.4 Å². The third-order valence-electron chi connectivity index (χ3n) is 5.65. The maximum Gasteiger partial charge on any atom is 0.206 e. The summed E-state index contributed by atoms with van der Waals surface area (Å²) in [5.74, 6) is -0.946. The molecule has 4 aromatic carbocycles. The van der Waals surface area contributed by atoms with Gasteiger partial charge in [-0.15, -0.1) is 11.3 Å². The van der Waals surface area contributed by atoms with E-state index in [9.17, 15) is 14.7 Å². The number of hydrogen-bond donors (Lipinski definition) is 2. The number of benzene rings is 4. The number of aromatic hydroxyl groups is 1. The van der Waals surface area contributed by atoms with Gasteiger partial charge in [0.05, 0.1) is 5.56 Å². The Morgan fingerprint density at radius 1 is 0.818 bits per heavy atom. The van der Waals surface area contributed by atoms with Gasteiger partial charge in [-0.3, -0.25) is 9.59 Å². The van der Waals surface area contributed by atoms with Gasteiger partial charge >= 0.3 is 0 Å². The fraction of sp³-hybridized carbons (Fsp3) is 0.0370. The monoisotopic (exact) mass is 515 g/mol. The van der Waals surface area contributed by atoms with Gasteiger partial charge in [0, 0.05) is 22.6 Å². The summed E-state index contributed by atoms with van der Waals surface area (Å²) in [4.78, 5) is 27.3. The van der Waals surface area contributed by atoms with E-state index >= 15 is 0 Å². The second-order valence-electron chi connectivity index (χ2n) is 7.59. The fourth-order valence-electron chi connectivity index (χ4n) is 4.08. The first kappa shape index (κ1) is 21.4. The van der Waals surface area contributed by atoms with Crippen molar-refractivity contribution in [2.75, 3.05) is 12.4 Å². The van der Waals surface area contributed by atoms with Gasteiger partial charge in [-0.2, -0.15) is 0 Å². The van der Waals surface area contributed by atoms with Crippen LogP contribution >= 0.6 is 27.3 Å². The Morgan fingerprint density at radius 2 is 1.39 bits per heavy atom. The van der Waals surface area contributed by atoms with Crippen LogP contribution in [0, 0.1) is 0 Å². The Balaban J connectivity index is 1.72. The van der Waals surface area contributed by atoms with Gasteiger partial charge in [0.15, 0.2) is 5.75 Å². The number of carbonyl (C=O) groups is 2. The van der Waals surface area contributed by atoms with Crippen LogP contribution in [-0.2, 0) is 0 Å². The van der Waals surface area contributed by atoms with Crippen LogP contribution in [0.3, 0.4) is 0 Å². The molecule has 1 heterocycles. The normalized spacial score (nSPS) is 11.1. The van der Waals surface area contributed by atoms with Crippen LogP contribution in [0.25, 0.3) is 21.5 Å². The minimum absolute atomic E-state index is 0.115. The van der Waals surface area contributed by atoms with E-state index in [1.807, 2.05) is 48.5 Å². The molecule has 0 spiro atoms. The van der Waals surface area contributed by atoms with Crippen LogP contribution in [0.1, 0.15) is 31.2 Å². The molecule has 6 heteroatoms. The van der Waals surface area contributed by atoms with Crippen LogP contribution < -0.4 is 5.32 Å². The van der Waals surface area contributed by atoms with Crippen molar-refractivity contribution < 1.29 is 14.7 Å². The zero-order chi connectivity index (χ0) is 23.1. The number of thiophene rings is 1. The topological polar surface area (TPSA) is 66.4 Å². The molecule has 2 N–H and O–H groups in total. The first-order chi connectivity index (χ1) is 16.0. The lowest BCUT2D eigenvalue weighted by atomic mass is 9.91. The molecule has 1 aromatic heterocycles. The average Bonchev–Trinajstić information content (AvgIpc) is 3.18. The molecule has 0 saturated carbocycles. The van der Waals surface area contributed by atoms with Crippen molar-refractivity contribution in [1.29, 1.82) is 0 Å².